The average Bonchev–Trinajstić information content (AvgIpc) is 3.04. The van der Waals surface area contributed by atoms with Crippen LogP contribution >= 0.6 is 0 Å². The van der Waals surface area contributed by atoms with Gasteiger partial charge in [-0.1, -0.05) is 19.8 Å². The van der Waals surface area contributed by atoms with Gasteiger partial charge in [0.2, 0.25) is 0 Å². The molecule has 0 radical (unpaired) electrons. The van der Waals surface area contributed by atoms with Gasteiger partial charge in [-0.3, -0.25) is 4.79 Å². The third kappa shape index (κ3) is 2.75. The highest BCUT2D eigenvalue weighted by molar-refractivity contribution is 5.93. The third-order valence-electron chi connectivity index (χ3n) is 3.78. The molecule has 1 amide bonds. The van der Waals surface area contributed by atoms with Gasteiger partial charge < -0.3 is 15.0 Å². The summed E-state index contributed by atoms with van der Waals surface area (Å²) < 4.78 is 2.09. The first kappa shape index (κ1) is 13.1. The molecule has 0 spiro atoms. The van der Waals surface area contributed by atoms with Crippen LogP contribution in [0, 0.1) is 0 Å². The van der Waals surface area contributed by atoms with Crippen LogP contribution in [0.1, 0.15) is 55.6 Å². The van der Waals surface area contributed by atoms with Gasteiger partial charge in [0.1, 0.15) is 5.69 Å². The number of nitrogens with zero attached hydrogens (tertiary/aromatic N) is 1. The van der Waals surface area contributed by atoms with Crippen LogP contribution in [0.2, 0.25) is 0 Å². The monoisotopic (exact) mass is 250 g/mol. The van der Waals surface area contributed by atoms with Gasteiger partial charge in [0.25, 0.3) is 5.91 Å². The van der Waals surface area contributed by atoms with Gasteiger partial charge in [-0.2, -0.15) is 0 Å². The van der Waals surface area contributed by atoms with Gasteiger partial charge in [0.05, 0.1) is 12.6 Å². The van der Waals surface area contributed by atoms with E-state index in [0.717, 1.165) is 19.3 Å². The van der Waals surface area contributed by atoms with Crippen LogP contribution in [-0.2, 0) is 0 Å². The summed E-state index contributed by atoms with van der Waals surface area (Å²) in [5, 5.41) is 12.0. The molecule has 1 atom stereocenters. The summed E-state index contributed by atoms with van der Waals surface area (Å²) in [7, 11) is 0. The molecule has 1 unspecified atom stereocenters. The zero-order chi connectivity index (χ0) is 13.0. The van der Waals surface area contributed by atoms with Gasteiger partial charge >= 0.3 is 0 Å². The smallest absolute Gasteiger partial charge is 0.268 e. The molecule has 0 aliphatic heterocycles. The SMILES string of the molecule is CCC(CO)NC(=O)c1cccn1C1CCCC1. The van der Waals surface area contributed by atoms with Crippen molar-refractivity contribution in [2.75, 3.05) is 6.61 Å². The van der Waals surface area contributed by atoms with E-state index in [2.05, 4.69) is 9.88 Å². The minimum atomic E-state index is -0.149. The van der Waals surface area contributed by atoms with Crippen molar-refractivity contribution in [3.63, 3.8) is 0 Å². The van der Waals surface area contributed by atoms with Crippen molar-refractivity contribution >= 4 is 5.91 Å². The Kier molecular flexibility index (Phi) is 4.42. The molecule has 100 valence electrons. The van der Waals surface area contributed by atoms with Crippen LogP contribution < -0.4 is 5.32 Å². The number of aliphatic hydroxyl groups is 1. The molecule has 0 aromatic carbocycles. The van der Waals surface area contributed by atoms with E-state index in [0.29, 0.717) is 11.7 Å². The molecule has 2 rings (SSSR count). The van der Waals surface area contributed by atoms with E-state index in [1.165, 1.54) is 12.8 Å². The van der Waals surface area contributed by atoms with Crippen molar-refractivity contribution in [2.45, 2.75) is 51.1 Å². The lowest BCUT2D eigenvalue weighted by atomic mass is 10.2. The number of nitrogens with one attached hydrogen (secondary N) is 1. The average molecular weight is 250 g/mol. The summed E-state index contributed by atoms with van der Waals surface area (Å²) >= 11 is 0. The Morgan fingerprint density at radius 3 is 2.89 bits per heavy atom. The lowest BCUT2D eigenvalue weighted by molar-refractivity contribution is 0.0903. The predicted octanol–water partition coefficient (Wildman–Crippen LogP) is 2.10. The van der Waals surface area contributed by atoms with Crippen LogP contribution in [0.15, 0.2) is 18.3 Å². The summed E-state index contributed by atoms with van der Waals surface area (Å²) in [6.07, 6.45) is 7.55. The standard InChI is InChI=1S/C14H22N2O2/c1-2-11(10-17)15-14(18)13-8-5-9-16(13)12-6-3-4-7-12/h5,8-9,11-12,17H,2-4,6-7,10H2,1H3,(H,15,18). The molecule has 2 N–H and O–H groups in total. The first-order valence-corrected chi connectivity index (χ1v) is 6.84. The number of rotatable bonds is 5. The quantitative estimate of drug-likeness (QED) is 0.841. The highest BCUT2D eigenvalue weighted by atomic mass is 16.3. The summed E-state index contributed by atoms with van der Waals surface area (Å²) in [6.45, 7) is 1.95. The van der Waals surface area contributed by atoms with E-state index >= 15 is 0 Å². The predicted molar refractivity (Wildman–Crippen MR) is 70.6 cm³/mol. The van der Waals surface area contributed by atoms with E-state index in [9.17, 15) is 4.79 Å². The molecule has 1 aromatic rings. The van der Waals surface area contributed by atoms with Crippen LogP contribution in [0.25, 0.3) is 0 Å². The van der Waals surface area contributed by atoms with Gasteiger partial charge in [0, 0.05) is 12.2 Å². The van der Waals surface area contributed by atoms with E-state index in [-0.39, 0.29) is 18.6 Å². The molecule has 1 aliphatic carbocycles. The van der Waals surface area contributed by atoms with Gasteiger partial charge in [-0.15, -0.1) is 0 Å². The molecule has 18 heavy (non-hydrogen) atoms. The molecule has 4 nitrogen and oxygen atoms in total. The number of hydrogen-bond donors (Lipinski definition) is 2. The fourth-order valence-corrected chi connectivity index (χ4v) is 2.62. The number of amides is 1. The van der Waals surface area contributed by atoms with Gasteiger partial charge in [-0.25, -0.2) is 0 Å². The fourth-order valence-electron chi connectivity index (χ4n) is 2.62. The van der Waals surface area contributed by atoms with Crippen molar-refractivity contribution in [1.29, 1.82) is 0 Å². The Labute approximate surface area is 108 Å². The summed E-state index contributed by atoms with van der Waals surface area (Å²) in [5.41, 5.74) is 0.716. The summed E-state index contributed by atoms with van der Waals surface area (Å²) in [5.74, 6) is -0.0761. The van der Waals surface area contributed by atoms with Crippen LogP contribution in [-0.4, -0.2) is 28.2 Å². The normalized spacial score (nSPS) is 17.9. The van der Waals surface area contributed by atoms with E-state index < -0.39 is 0 Å². The molecule has 4 heteroatoms. The van der Waals surface area contributed by atoms with Crippen LogP contribution in [0.4, 0.5) is 0 Å². The van der Waals surface area contributed by atoms with Gasteiger partial charge in [0.15, 0.2) is 0 Å². The minimum absolute atomic E-state index is 0.00756. The third-order valence-corrected chi connectivity index (χ3v) is 3.78. The Morgan fingerprint density at radius 1 is 1.56 bits per heavy atom. The number of hydrogen-bond acceptors (Lipinski definition) is 2. The zero-order valence-electron chi connectivity index (χ0n) is 10.9. The maximum absolute atomic E-state index is 12.2. The molecular formula is C14H22N2O2. The summed E-state index contributed by atoms with van der Waals surface area (Å²) in [4.78, 5) is 12.2. The summed E-state index contributed by atoms with van der Waals surface area (Å²) in [6, 6.07) is 4.10. The van der Waals surface area contributed by atoms with Crippen LogP contribution in [0.5, 0.6) is 0 Å². The van der Waals surface area contributed by atoms with Crippen molar-refractivity contribution in [3.8, 4) is 0 Å². The Bertz CT molecular complexity index is 390. The lowest BCUT2D eigenvalue weighted by Gasteiger charge is -2.18. The molecule has 1 aromatic heterocycles. The molecular weight excluding hydrogens is 228 g/mol. The maximum atomic E-state index is 12.2. The number of aromatic nitrogens is 1. The van der Waals surface area contributed by atoms with Crippen molar-refractivity contribution < 1.29 is 9.90 Å². The maximum Gasteiger partial charge on any atom is 0.268 e. The second-order valence-electron chi connectivity index (χ2n) is 5.00. The molecule has 1 fully saturated rings. The highest BCUT2D eigenvalue weighted by Gasteiger charge is 2.22. The fraction of sp³-hybridized carbons (Fsp3) is 0.643. The molecule has 0 bridgehead atoms. The first-order valence-electron chi connectivity index (χ1n) is 6.84. The van der Waals surface area contributed by atoms with Crippen molar-refractivity contribution in [1.82, 2.24) is 9.88 Å². The largest absolute Gasteiger partial charge is 0.394 e. The van der Waals surface area contributed by atoms with Crippen molar-refractivity contribution in [2.24, 2.45) is 0 Å². The topological polar surface area (TPSA) is 54.3 Å². The first-order chi connectivity index (χ1) is 8.76. The second-order valence-corrected chi connectivity index (χ2v) is 5.00. The van der Waals surface area contributed by atoms with Crippen molar-refractivity contribution in [3.05, 3.63) is 24.0 Å². The number of carbonyl (C=O) groups is 1. The second kappa shape index (κ2) is 6.05. The highest BCUT2D eigenvalue weighted by Crippen LogP contribution is 2.30. The number of aliphatic hydroxyl groups excluding tert-OH is 1. The Balaban J connectivity index is 2.08. The minimum Gasteiger partial charge on any atom is -0.394 e. The molecule has 1 aliphatic rings. The Hall–Kier alpha value is -1.29. The van der Waals surface area contributed by atoms with Crippen LogP contribution in [0.3, 0.4) is 0 Å². The molecule has 1 saturated carbocycles. The van der Waals surface area contributed by atoms with E-state index in [1.54, 1.807) is 0 Å². The van der Waals surface area contributed by atoms with E-state index in [4.69, 9.17) is 5.11 Å². The lowest BCUT2D eigenvalue weighted by Crippen LogP contribution is -2.38. The Morgan fingerprint density at radius 2 is 2.28 bits per heavy atom. The molecule has 1 heterocycles. The van der Waals surface area contributed by atoms with Gasteiger partial charge in [-0.05, 0) is 31.4 Å². The van der Waals surface area contributed by atoms with E-state index in [1.807, 2.05) is 25.3 Å². The zero-order valence-corrected chi connectivity index (χ0v) is 10.9. The number of carbonyl (C=O) groups excluding carboxylic acids is 1. The molecule has 0 saturated heterocycles.